The van der Waals surface area contributed by atoms with Gasteiger partial charge in [-0.15, -0.1) is 11.1 Å². The summed E-state index contributed by atoms with van der Waals surface area (Å²) in [6, 6.07) is 37.0. The summed E-state index contributed by atoms with van der Waals surface area (Å²) >= 11 is 0. The van der Waals surface area contributed by atoms with Gasteiger partial charge >= 0.3 is 0 Å². The molecule has 4 heteroatoms. The van der Waals surface area contributed by atoms with Crippen LogP contribution in [-0.2, 0) is 10.8 Å². The molecule has 6 rings (SSSR count). The van der Waals surface area contributed by atoms with Gasteiger partial charge in [0.1, 0.15) is 16.1 Å². The van der Waals surface area contributed by atoms with Crippen molar-refractivity contribution >= 4 is 27.2 Å². The van der Waals surface area contributed by atoms with Crippen molar-refractivity contribution in [3.05, 3.63) is 130 Å². The molecule has 4 aromatic carbocycles. The summed E-state index contributed by atoms with van der Waals surface area (Å²) in [6.07, 6.45) is 0. The summed E-state index contributed by atoms with van der Waals surface area (Å²) in [7, 11) is -4.42. The zero-order valence-corrected chi connectivity index (χ0v) is 46.6. The molecule has 0 bridgehead atoms. The fourth-order valence-corrected chi connectivity index (χ4v) is 21.9. The Morgan fingerprint density at radius 3 is 0.864 bits per heavy atom. The number of fused-ring (bicyclic) bond motifs is 1. The highest BCUT2D eigenvalue weighted by Crippen LogP contribution is 2.47. The molecule has 0 unspecified atom stereocenters. The van der Waals surface area contributed by atoms with Crippen LogP contribution in [0.15, 0.2) is 97.1 Å². The molecule has 2 nitrogen and oxygen atoms in total. The van der Waals surface area contributed by atoms with E-state index in [4.69, 9.17) is 0 Å². The van der Waals surface area contributed by atoms with E-state index in [-0.39, 0.29) is 10.8 Å². The second-order valence-corrected chi connectivity index (χ2v) is 34.6. The molecule has 6 aromatic rings. The monoisotopic (exact) mass is 911 g/mol. The molecule has 0 aliphatic carbocycles. The predicted octanol–water partition coefficient (Wildman–Crippen LogP) is 18.1. The molecule has 0 aliphatic heterocycles. The van der Waals surface area contributed by atoms with Gasteiger partial charge in [0.2, 0.25) is 0 Å². The van der Waals surface area contributed by atoms with Crippen molar-refractivity contribution < 1.29 is 0 Å². The number of benzene rings is 4. The average Bonchev–Trinajstić information content (AvgIpc) is 3.73. The van der Waals surface area contributed by atoms with Crippen LogP contribution in [0.2, 0.25) is 33.2 Å². The molecule has 348 valence electrons. The van der Waals surface area contributed by atoms with Crippen molar-refractivity contribution in [3.63, 3.8) is 0 Å². The summed E-state index contributed by atoms with van der Waals surface area (Å²) in [5, 5.41) is 0. The lowest BCUT2D eigenvalue weighted by Crippen LogP contribution is -2.43. The lowest BCUT2D eigenvalue weighted by molar-refractivity contribution is 0.590. The van der Waals surface area contributed by atoms with Crippen LogP contribution < -0.4 is 0 Å². The summed E-state index contributed by atoms with van der Waals surface area (Å²) < 4.78 is 5.12. The van der Waals surface area contributed by atoms with E-state index in [1.54, 1.807) is 0 Å². The van der Waals surface area contributed by atoms with Crippen molar-refractivity contribution in [3.8, 4) is 56.8 Å². The molecule has 2 heterocycles. The molecular formula is C62H82N2Si2. The summed E-state index contributed by atoms with van der Waals surface area (Å²) in [5.74, 6) is 8.37. The maximum Gasteiger partial charge on any atom is 0.146 e. The molecule has 0 radical (unpaired) electrons. The van der Waals surface area contributed by atoms with E-state index in [9.17, 15) is 0 Å². The summed E-state index contributed by atoms with van der Waals surface area (Å²) in [4.78, 5) is 0. The molecule has 0 fully saturated rings. The maximum absolute atomic E-state index is 4.27. The molecule has 0 saturated heterocycles. The lowest BCUT2D eigenvalue weighted by Gasteiger charge is -2.38. The van der Waals surface area contributed by atoms with Crippen molar-refractivity contribution in [1.82, 2.24) is 9.13 Å². The number of hydrogen-bond donors (Lipinski definition) is 0. The summed E-state index contributed by atoms with van der Waals surface area (Å²) in [5.41, 5.74) is 27.8. The third kappa shape index (κ3) is 9.27. The quantitative estimate of drug-likeness (QED) is 0.0957. The topological polar surface area (TPSA) is 9.86 Å². The Balaban J connectivity index is 2.03. The van der Waals surface area contributed by atoms with Crippen LogP contribution in [0, 0.1) is 36.8 Å². The number of nitrogens with zero attached hydrogens (tertiary/aromatic N) is 2. The van der Waals surface area contributed by atoms with Gasteiger partial charge in [0.15, 0.2) is 0 Å². The normalized spacial score (nSPS) is 12.8. The van der Waals surface area contributed by atoms with Gasteiger partial charge < -0.3 is 9.13 Å². The highest BCUT2D eigenvalue weighted by atomic mass is 28.3. The zero-order chi connectivity index (χ0) is 48.8. The third-order valence-electron chi connectivity index (χ3n) is 15.2. The fourth-order valence-electron chi connectivity index (χ4n) is 11.5. The van der Waals surface area contributed by atoms with Gasteiger partial charge in [0.25, 0.3) is 0 Å². The second-order valence-electron chi connectivity index (χ2n) is 23.4. The van der Waals surface area contributed by atoms with Crippen LogP contribution in [0.3, 0.4) is 0 Å². The second kappa shape index (κ2) is 19.1. The van der Waals surface area contributed by atoms with Gasteiger partial charge in [-0.25, -0.2) is 0 Å². The summed E-state index contributed by atoms with van der Waals surface area (Å²) in [6.45, 7) is 47.3. The van der Waals surface area contributed by atoms with Crippen LogP contribution >= 0.6 is 0 Å². The molecular weight excluding hydrogens is 829 g/mol. The Hall–Kier alpha value is -4.75. The first-order valence-corrected chi connectivity index (χ1v) is 29.5. The molecule has 0 amide bonds. The van der Waals surface area contributed by atoms with E-state index < -0.39 is 16.1 Å². The van der Waals surface area contributed by atoms with Crippen molar-refractivity contribution in [2.45, 2.75) is 183 Å². The number of rotatable bonds is 10. The average molecular weight is 912 g/mol. The maximum atomic E-state index is 4.27. The van der Waals surface area contributed by atoms with Crippen LogP contribution in [0.4, 0.5) is 0 Å². The minimum Gasteiger partial charge on any atom is -0.305 e. The van der Waals surface area contributed by atoms with Crippen LogP contribution in [0.1, 0.15) is 158 Å². The molecule has 2 aromatic heterocycles. The Kier molecular flexibility index (Phi) is 14.7. The minimum absolute atomic E-state index is 0.00967. The van der Waals surface area contributed by atoms with E-state index >= 15 is 0 Å². The van der Waals surface area contributed by atoms with Gasteiger partial charge in [0.05, 0.1) is 33.5 Å². The van der Waals surface area contributed by atoms with Gasteiger partial charge in [-0.3, -0.25) is 0 Å². The Labute approximate surface area is 404 Å². The van der Waals surface area contributed by atoms with Crippen molar-refractivity contribution in [2.75, 3.05) is 0 Å². The Morgan fingerprint density at radius 1 is 0.379 bits per heavy atom. The van der Waals surface area contributed by atoms with Gasteiger partial charge in [0, 0.05) is 11.4 Å². The van der Waals surface area contributed by atoms with Crippen LogP contribution in [0.25, 0.3) is 44.9 Å². The Morgan fingerprint density at radius 2 is 0.636 bits per heavy atom. The molecule has 0 saturated carbocycles. The van der Waals surface area contributed by atoms with Crippen LogP contribution in [0.5, 0.6) is 0 Å². The zero-order valence-electron chi connectivity index (χ0n) is 44.6. The van der Waals surface area contributed by atoms with E-state index in [0.717, 1.165) is 56.0 Å². The highest BCUT2D eigenvalue weighted by Gasteiger charge is 2.43. The first kappa shape index (κ1) is 50.7. The molecule has 66 heavy (non-hydrogen) atoms. The number of aromatic nitrogens is 2. The number of hydrogen-bond acceptors (Lipinski definition) is 0. The fraction of sp³-hybridized carbons (Fsp3) is 0.452. The first-order chi connectivity index (χ1) is 30.8. The van der Waals surface area contributed by atoms with E-state index in [1.165, 1.54) is 22.3 Å². The van der Waals surface area contributed by atoms with E-state index in [2.05, 4.69) is 268 Å². The highest BCUT2D eigenvalue weighted by molar-refractivity contribution is 6.91. The van der Waals surface area contributed by atoms with Crippen molar-refractivity contribution in [2.24, 2.45) is 0 Å². The minimum atomic E-state index is -2.21. The van der Waals surface area contributed by atoms with Gasteiger partial charge in [-0.2, -0.15) is 0 Å². The molecule has 0 atom stereocenters. The molecule has 0 aliphatic rings. The SMILES string of the molecule is Cc1ccc(-c2c(C#C[Si](C(C)C)(C(C)C)C(C)C)c3c(c(C#C[Si](C(C)C)(C(C)C)C(C)C)c(-c4ccc(C)cc4)n3-c3ccc(C(C)(C)C)cc3)n2-c2ccc(C(C)(C)C)cc2)cc1. The van der Waals surface area contributed by atoms with E-state index in [0.29, 0.717) is 33.2 Å². The third-order valence-corrected chi connectivity index (χ3v) is 27.8. The Bertz CT molecular complexity index is 2530. The standard InChI is InChI=1S/C62H82N2Si2/c1-41(2)65(42(3)4,43(5)6)39-37-55-57(49-25-21-47(13)22-26-49)63(53-33-29-51(30-34-53)61(15,16)17)60-56(38-40-66(44(7)8,45(9)10)46(11)12)58(50-27-23-48(14)24-28-50)64(59(55)60)54-35-31-52(32-36-54)62(18,19)20/h21-36,41-46H,1-20H3. The van der Waals surface area contributed by atoms with Gasteiger partial charge in [-0.1, -0.05) is 220 Å². The van der Waals surface area contributed by atoms with E-state index in [1.807, 2.05) is 0 Å². The van der Waals surface area contributed by atoms with Gasteiger partial charge in [-0.05, 0) is 104 Å². The smallest absolute Gasteiger partial charge is 0.146 e. The predicted molar refractivity (Wildman–Crippen MR) is 296 cm³/mol. The number of aryl methyl sites for hydroxylation is 2. The molecule has 0 spiro atoms. The largest absolute Gasteiger partial charge is 0.305 e. The lowest BCUT2D eigenvalue weighted by atomic mass is 9.87. The van der Waals surface area contributed by atoms with Crippen LogP contribution in [-0.4, -0.2) is 25.3 Å². The van der Waals surface area contributed by atoms with Crippen molar-refractivity contribution in [1.29, 1.82) is 0 Å². The molecule has 0 N–H and O–H groups in total. The first-order valence-electron chi connectivity index (χ1n) is 25.0.